The Bertz CT molecular complexity index is 405. The molecule has 0 fully saturated rings. The van der Waals surface area contributed by atoms with Gasteiger partial charge in [-0.3, -0.25) is 10.1 Å². The van der Waals surface area contributed by atoms with Crippen molar-refractivity contribution in [3.63, 3.8) is 0 Å². The molecule has 0 aromatic heterocycles. The fraction of sp³-hybridized carbons (Fsp3) is 0.500. The number of nitro benzene ring substituents is 1. The highest BCUT2D eigenvalue weighted by molar-refractivity contribution is 5.59. The Balaban J connectivity index is 2.79. The number of benzene rings is 1. The first-order chi connectivity index (χ1) is 7.93. The van der Waals surface area contributed by atoms with Crippen molar-refractivity contribution in [1.82, 2.24) is 4.90 Å². The van der Waals surface area contributed by atoms with Crippen LogP contribution in [0.15, 0.2) is 18.2 Å². The summed E-state index contributed by atoms with van der Waals surface area (Å²) in [7, 11) is 4.01. The molecule has 1 rings (SSSR count). The van der Waals surface area contributed by atoms with Gasteiger partial charge in [0.2, 0.25) is 0 Å². The number of hydrogen-bond acceptors (Lipinski definition) is 4. The Hall–Kier alpha value is -1.62. The Kier molecular flexibility index (Phi) is 4.45. The quantitative estimate of drug-likeness (QED) is 0.630. The molecule has 0 bridgehead atoms. The Morgan fingerprint density at radius 3 is 2.65 bits per heavy atom. The lowest BCUT2D eigenvalue weighted by Crippen LogP contribution is -2.31. The number of anilines is 1. The standard InChI is InChI=1S/C12H19N3O2/c1-9(14(3)4)8-13-11-6-5-7-12(10(11)2)15(16)17/h5-7,9,13H,8H2,1-4H3. The average molecular weight is 237 g/mol. The molecule has 1 atom stereocenters. The summed E-state index contributed by atoms with van der Waals surface area (Å²) in [5.74, 6) is 0. The smallest absolute Gasteiger partial charge is 0.274 e. The zero-order valence-electron chi connectivity index (χ0n) is 10.7. The largest absolute Gasteiger partial charge is 0.383 e. The van der Waals surface area contributed by atoms with Crippen LogP contribution in [0.1, 0.15) is 12.5 Å². The Morgan fingerprint density at radius 2 is 2.12 bits per heavy atom. The molecule has 0 aliphatic rings. The molecule has 1 aromatic carbocycles. The maximum Gasteiger partial charge on any atom is 0.274 e. The van der Waals surface area contributed by atoms with Crippen molar-refractivity contribution in [3.05, 3.63) is 33.9 Å². The van der Waals surface area contributed by atoms with E-state index in [1.807, 2.05) is 20.2 Å². The molecule has 94 valence electrons. The third-order valence-corrected chi connectivity index (χ3v) is 2.97. The van der Waals surface area contributed by atoms with Crippen LogP contribution in [-0.4, -0.2) is 36.5 Å². The van der Waals surface area contributed by atoms with Crippen LogP contribution in [-0.2, 0) is 0 Å². The van der Waals surface area contributed by atoms with E-state index in [2.05, 4.69) is 17.1 Å². The van der Waals surface area contributed by atoms with E-state index in [4.69, 9.17) is 0 Å². The van der Waals surface area contributed by atoms with Crippen LogP contribution >= 0.6 is 0 Å². The van der Waals surface area contributed by atoms with Gasteiger partial charge in [0.1, 0.15) is 0 Å². The van der Waals surface area contributed by atoms with E-state index in [1.165, 1.54) is 6.07 Å². The molecule has 1 aromatic rings. The summed E-state index contributed by atoms with van der Waals surface area (Å²) in [6.07, 6.45) is 0. The van der Waals surface area contributed by atoms with Crippen molar-refractivity contribution in [2.75, 3.05) is 26.0 Å². The van der Waals surface area contributed by atoms with Gasteiger partial charge in [-0.1, -0.05) is 6.07 Å². The third kappa shape index (κ3) is 3.42. The molecule has 0 spiro atoms. The molecule has 5 nitrogen and oxygen atoms in total. The van der Waals surface area contributed by atoms with Crippen LogP contribution in [0.3, 0.4) is 0 Å². The molecule has 0 radical (unpaired) electrons. The number of hydrogen-bond donors (Lipinski definition) is 1. The number of nitrogens with one attached hydrogen (secondary N) is 1. The van der Waals surface area contributed by atoms with Crippen LogP contribution in [0.5, 0.6) is 0 Å². The lowest BCUT2D eigenvalue weighted by molar-refractivity contribution is -0.385. The first-order valence-electron chi connectivity index (χ1n) is 5.57. The van der Waals surface area contributed by atoms with Gasteiger partial charge < -0.3 is 10.2 Å². The van der Waals surface area contributed by atoms with E-state index in [-0.39, 0.29) is 10.6 Å². The number of nitro groups is 1. The molecule has 1 N–H and O–H groups in total. The molecule has 0 aliphatic heterocycles. The van der Waals surface area contributed by atoms with E-state index >= 15 is 0 Å². The van der Waals surface area contributed by atoms with Crippen LogP contribution in [0, 0.1) is 17.0 Å². The van der Waals surface area contributed by atoms with Crippen molar-refractivity contribution >= 4 is 11.4 Å². The summed E-state index contributed by atoms with van der Waals surface area (Å²) in [5, 5.41) is 14.0. The summed E-state index contributed by atoms with van der Waals surface area (Å²) in [6, 6.07) is 5.46. The monoisotopic (exact) mass is 237 g/mol. The maximum absolute atomic E-state index is 10.8. The number of nitrogens with zero attached hydrogens (tertiary/aromatic N) is 2. The Labute approximate surface area is 102 Å². The molecule has 5 heteroatoms. The Morgan fingerprint density at radius 1 is 1.47 bits per heavy atom. The highest BCUT2D eigenvalue weighted by Crippen LogP contribution is 2.24. The SMILES string of the molecule is Cc1c(NCC(C)N(C)C)cccc1[N+](=O)[O-]. The predicted octanol–water partition coefficient (Wildman–Crippen LogP) is 2.27. The highest BCUT2D eigenvalue weighted by atomic mass is 16.6. The second-order valence-electron chi connectivity index (χ2n) is 4.40. The fourth-order valence-electron chi connectivity index (χ4n) is 1.45. The van der Waals surface area contributed by atoms with Crippen molar-refractivity contribution in [3.8, 4) is 0 Å². The molecule has 0 heterocycles. The lowest BCUT2D eigenvalue weighted by atomic mass is 10.1. The van der Waals surface area contributed by atoms with Gasteiger partial charge in [-0.25, -0.2) is 0 Å². The minimum atomic E-state index is -0.351. The van der Waals surface area contributed by atoms with Gasteiger partial charge in [0.15, 0.2) is 0 Å². The van der Waals surface area contributed by atoms with Crippen molar-refractivity contribution in [1.29, 1.82) is 0 Å². The third-order valence-electron chi connectivity index (χ3n) is 2.97. The van der Waals surface area contributed by atoms with Crippen LogP contribution in [0.4, 0.5) is 11.4 Å². The summed E-state index contributed by atoms with van der Waals surface area (Å²) >= 11 is 0. The average Bonchev–Trinajstić information content (AvgIpc) is 2.26. The van der Waals surface area contributed by atoms with Gasteiger partial charge >= 0.3 is 0 Å². The summed E-state index contributed by atoms with van der Waals surface area (Å²) in [6.45, 7) is 4.62. The van der Waals surface area contributed by atoms with E-state index < -0.39 is 0 Å². The molecular weight excluding hydrogens is 218 g/mol. The van der Waals surface area contributed by atoms with E-state index in [1.54, 1.807) is 13.0 Å². The van der Waals surface area contributed by atoms with E-state index in [9.17, 15) is 10.1 Å². The maximum atomic E-state index is 10.8. The first-order valence-corrected chi connectivity index (χ1v) is 5.57. The molecule has 0 aliphatic carbocycles. The lowest BCUT2D eigenvalue weighted by Gasteiger charge is -2.21. The van der Waals surface area contributed by atoms with Crippen LogP contribution in [0.25, 0.3) is 0 Å². The van der Waals surface area contributed by atoms with Gasteiger partial charge in [-0.2, -0.15) is 0 Å². The molecule has 0 amide bonds. The molecule has 1 unspecified atom stereocenters. The second-order valence-corrected chi connectivity index (χ2v) is 4.40. The fourth-order valence-corrected chi connectivity index (χ4v) is 1.45. The van der Waals surface area contributed by atoms with Crippen molar-refractivity contribution < 1.29 is 4.92 Å². The van der Waals surface area contributed by atoms with Crippen molar-refractivity contribution in [2.45, 2.75) is 19.9 Å². The van der Waals surface area contributed by atoms with Crippen molar-refractivity contribution in [2.24, 2.45) is 0 Å². The zero-order chi connectivity index (χ0) is 13.0. The minimum Gasteiger partial charge on any atom is -0.383 e. The minimum absolute atomic E-state index is 0.160. The molecular formula is C12H19N3O2. The number of likely N-dealkylation sites (N-methyl/N-ethyl adjacent to an activating group) is 1. The summed E-state index contributed by atoms with van der Waals surface area (Å²) < 4.78 is 0. The van der Waals surface area contributed by atoms with Gasteiger partial charge in [-0.15, -0.1) is 0 Å². The topological polar surface area (TPSA) is 58.4 Å². The molecule has 0 saturated carbocycles. The predicted molar refractivity (Wildman–Crippen MR) is 69.5 cm³/mol. The zero-order valence-corrected chi connectivity index (χ0v) is 10.7. The van der Waals surface area contributed by atoms with E-state index in [0.717, 1.165) is 12.2 Å². The van der Waals surface area contributed by atoms with Gasteiger partial charge in [0, 0.05) is 29.9 Å². The van der Waals surface area contributed by atoms with Crippen LogP contribution < -0.4 is 5.32 Å². The molecule has 17 heavy (non-hydrogen) atoms. The van der Waals surface area contributed by atoms with Crippen LogP contribution in [0.2, 0.25) is 0 Å². The first kappa shape index (κ1) is 13.4. The summed E-state index contributed by atoms with van der Waals surface area (Å²) in [4.78, 5) is 12.5. The van der Waals surface area contributed by atoms with Gasteiger partial charge in [0.25, 0.3) is 5.69 Å². The second kappa shape index (κ2) is 5.63. The normalized spacial score (nSPS) is 12.5. The van der Waals surface area contributed by atoms with E-state index in [0.29, 0.717) is 11.6 Å². The molecule has 0 saturated heterocycles. The van der Waals surface area contributed by atoms with Gasteiger partial charge in [0.05, 0.1) is 4.92 Å². The summed E-state index contributed by atoms with van der Waals surface area (Å²) in [5.41, 5.74) is 1.67. The number of rotatable bonds is 5. The highest BCUT2D eigenvalue weighted by Gasteiger charge is 2.13. The van der Waals surface area contributed by atoms with Gasteiger partial charge in [-0.05, 0) is 34.0 Å².